The molecule has 1 aromatic heterocycles. The first-order chi connectivity index (χ1) is 7.70. The predicted octanol–water partition coefficient (Wildman–Crippen LogP) is 3.58. The number of halogens is 1. The van der Waals surface area contributed by atoms with Gasteiger partial charge in [0.1, 0.15) is 5.82 Å². The van der Waals surface area contributed by atoms with Crippen molar-refractivity contribution >= 4 is 11.3 Å². The summed E-state index contributed by atoms with van der Waals surface area (Å²) in [5.41, 5.74) is 2.73. The third-order valence-corrected chi connectivity index (χ3v) is 3.45. The molecule has 3 heteroatoms. The lowest BCUT2D eigenvalue weighted by atomic mass is 10.1. The SMILES string of the molecule is CNCc1cc(-c2ccc(C)c(F)c2)cs1. The predicted molar refractivity (Wildman–Crippen MR) is 67.2 cm³/mol. The molecule has 1 N–H and O–H groups in total. The van der Waals surface area contributed by atoms with Crippen LogP contribution in [-0.4, -0.2) is 7.05 Å². The van der Waals surface area contributed by atoms with Gasteiger partial charge in [-0.05, 0) is 48.2 Å². The Labute approximate surface area is 98.9 Å². The van der Waals surface area contributed by atoms with E-state index < -0.39 is 0 Å². The summed E-state index contributed by atoms with van der Waals surface area (Å²) in [7, 11) is 1.92. The molecule has 2 aromatic rings. The van der Waals surface area contributed by atoms with Crippen molar-refractivity contribution in [3.05, 3.63) is 45.9 Å². The van der Waals surface area contributed by atoms with E-state index >= 15 is 0 Å². The average Bonchev–Trinajstić information content (AvgIpc) is 2.71. The summed E-state index contributed by atoms with van der Waals surface area (Å²) in [6.45, 7) is 2.64. The van der Waals surface area contributed by atoms with E-state index in [4.69, 9.17) is 0 Å². The fourth-order valence-electron chi connectivity index (χ4n) is 1.57. The zero-order valence-electron chi connectivity index (χ0n) is 9.38. The first-order valence-electron chi connectivity index (χ1n) is 5.19. The van der Waals surface area contributed by atoms with Crippen LogP contribution in [0.4, 0.5) is 4.39 Å². The smallest absolute Gasteiger partial charge is 0.126 e. The minimum absolute atomic E-state index is 0.140. The molecule has 1 aromatic carbocycles. The first kappa shape index (κ1) is 11.3. The standard InChI is InChI=1S/C13H14FNS/c1-9-3-4-10(6-13(9)14)11-5-12(7-15-2)16-8-11/h3-6,8,15H,7H2,1-2H3. The Balaban J connectivity index is 2.31. The van der Waals surface area contributed by atoms with Crippen LogP contribution < -0.4 is 5.32 Å². The number of hydrogen-bond acceptors (Lipinski definition) is 2. The van der Waals surface area contributed by atoms with Gasteiger partial charge in [0, 0.05) is 11.4 Å². The monoisotopic (exact) mass is 235 g/mol. The topological polar surface area (TPSA) is 12.0 Å². The van der Waals surface area contributed by atoms with Gasteiger partial charge < -0.3 is 5.32 Å². The molecule has 0 amide bonds. The molecular weight excluding hydrogens is 221 g/mol. The molecule has 0 aliphatic carbocycles. The first-order valence-corrected chi connectivity index (χ1v) is 6.07. The summed E-state index contributed by atoms with van der Waals surface area (Å²) >= 11 is 1.69. The molecule has 0 aliphatic heterocycles. The van der Waals surface area contributed by atoms with Crippen LogP contribution in [0.2, 0.25) is 0 Å². The van der Waals surface area contributed by atoms with Gasteiger partial charge in [-0.2, -0.15) is 0 Å². The van der Waals surface area contributed by atoms with E-state index in [1.165, 1.54) is 4.88 Å². The Kier molecular flexibility index (Phi) is 3.36. The van der Waals surface area contributed by atoms with Crippen molar-refractivity contribution in [3.8, 4) is 11.1 Å². The highest BCUT2D eigenvalue weighted by molar-refractivity contribution is 7.10. The Morgan fingerprint density at radius 2 is 2.06 bits per heavy atom. The van der Waals surface area contributed by atoms with E-state index in [9.17, 15) is 4.39 Å². The highest BCUT2D eigenvalue weighted by atomic mass is 32.1. The minimum Gasteiger partial charge on any atom is -0.315 e. The number of nitrogens with one attached hydrogen (secondary N) is 1. The van der Waals surface area contributed by atoms with Crippen molar-refractivity contribution in [1.82, 2.24) is 5.32 Å². The number of hydrogen-bond donors (Lipinski definition) is 1. The third kappa shape index (κ3) is 2.31. The molecular formula is C13H14FNS. The Bertz CT molecular complexity index is 490. The lowest BCUT2D eigenvalue weighted by molar-refractivity contribution is 0.619. The largest absolute Gasteiger partial charge is 0.315 e. The van der Waals surface area contributed by atoms with Crippen LogP contribution in [0.3, 0.4) is 0 Å². The Morgan fingerprint density at radius 1 is 1.25 bits per heavy atom. The van der Waals surface area contributed by atoms with Crippen LogP contribution in [0.25, 0.3) is 11.1 Å². The number of thiophene rings is 1. The molecule has 1 nitrogen and oxygen atoms in total. The highest BCUT2D eigenvalue weighted by Gasteiger charge is 2.04. The molecule has 0 unspecified atom stereocenters. The van der Waals surface area contributed by atoms with Crippen molar-refractivity contribution in [2.45, 2.75) is 13.5 Å². The van der Waals surface area contributed by atoms with Gasteiger partial charge in [-0.1, -0.05) is 12.1 Å². The molecule has 0 saturated heterocycles. The lowest BCUT2D eigenvalue weighted by Gasteiger charge is -2.00. The minimum atomic E-state index is -0.140. The van der Waals surface area contributed by atoms with Gasteiger partial charge in [0.15, 0.2) is 0 Å². The van der Waals surface area contributed by atoms with Crippen molar-refractivity contribution < 1.29 is 4.39 Å². The second-order valence-corrected chi connectivity index (χ2v) is 4.79. The van der Waals surface area contributed by atoms with E-state index in [-0.39, 0.29) is 5.82 Å². The van der Waals surface area contributed by atoms with Gasteiger partial charge >= 0.3 is 0 Å². The second kappa shape index (κ2) is 4.76. The molecule has 0 fully saturated rings. The van der Waals surface area contributed by atoms with Crippen molar-refractivity contribution in [2.75, 3.05) is 7.05 Å². The molecule has 0 radical (unpaired) electrons. The van der Waals surface area contributed by atoms with Crippen LogP contribution in [0.15, 0.2) is 29.6 Å². The Morgan fingerprint density at radius 3 is 2.75 bits per heavy atom. The summed E-state index contributed by atoms with van der Waals surface area (Å²) in [5.74, 6) is -0.140. The second-order valence-electron chi connectivity index (χ2n) is 3.80. The van der Waals surface area contributed by atoms with E-state index in [1.54, 1.807) is 24.3 Å². The van der Waals surface area contributed by atoms with Gasteiger partial charge in [-0.25, -0.2) is 4.39 Å². The van der Waals surface area contributed by atoms with Crippen molar-refractivity contribution in [1.29, 1.82) is 0 Å². The van der Waals surface area contributed by atoms with Gasteiger partial charge in [0.25, 0.3) is 0 Å². The van der Waals surface area contributed by atoms with Gasteiger partial charge in [0.2, 0.25) is 0 Å². The van der Waals surface area contributed by atoms with Crippen LogP contribution in [0, 0.1) is 12.7 Å². The molecule has 0 bridgehead atoms. The van der Waals surface area contributed by atoms with E-state index in [1.807, 2.05) is 19.2 Å². The van der Waals surface area contributed by atoms with Gasteiger partial charge in [0.05, 0.1) is 0 Å². The molecule has 0 saturated carbocycles. The third-order valence-electron chi connectivity index (χ3n) is 2.51. The van der Waals surface area contributed by atoms with E-state index in [2.05, 4.69) is 16.8 Å². The molecule has 16 heavy (non-hydrogen) atoms. The summed E-state index contributed by atoms with van der Waals surface area (Å²) in [6.07, 6.45) is 0. The maximum Gasteiger partial charge on any atom is 0.126 e. The summed E-state index contributed by atoms with van der Waals surface area (Å²) in [5, 5.41) is 5.17. The zero-order valence-corrected chi connectivity index (χ0v) is 10.2. The summed E-state index contributed by atoms with van der Waals surface area (Å²) in [4.78, 5) is 1.26. The van der Waals surface area contributed by atoms with Gasteiger partial charge in [-0.15, -0.1) is 11.3 Å². The number of benzene rings is 1. The average molecular weight is 235 g/mol. The summed E-state index contributed by atoms with van der Waals surface area (Å²) in [6, 6.07) is 7.48. The van der Waals surface area contributed by atoms with Crippen LogP contribution in [0.5, 0.6) is 0 Å². The molecule has 84 valence electrons. The summed E-state index contributed by atoms with van der Waals surface area (Å²) < 4.78 is 13.4. The van der Waals surface area contributed by atoms with Gasteiger partial charge in [-0.3, -0.25) is 0 Å². The molecule has 0 spiro atoms. The normalized spacial score (nSPS) is 10.7. The quantitative estimate of drug-likeness (QED) is 0.857. The van der Waals surface area contributed by atoms with Crippen LogP contribution >= 0.6 is 11.3 Å². The molecule has 0 atom stereocenters. The maximum absolute atomic E-state index is 13.4. The lowest BCUT2D eigenvalue weighted by Crippen LogP contribution is -2.02. The highest BCUT2D eigenvalue weighted by Crippen LogP contribution is 2.26. The maximum atomic E-state index is 13.4. The number of aryl methyl sites for hydroxylation is 1. The van der Waals surface area contributed by atoms with E-state index in [0.717, 1.165) is 17.7 Å². The zero-order chi connectivity index (χ0) is 11.5. The van der Waals surface area contributed by atoms with Crippen molar-refractivity contribution in [2.24, 2.45) is 0 Å². The van der Waals surface area contributed by atoms with Crippen molar-refractivity contribution in [3.63, 3.8) is 0 Å². The van der Waals surface area contributed by atoms with Crippen LogP contribution in [-0.2, 0) is 6.54 Å². The number of rotatable bonds is 3. The molecule has 2 rings (SSSR count). The molecule has 1 heterocycles. The van der Waals surface area contributed by atoms with Crippen LogP contribution in [0.1, 0.15) is 10.4 Å². The van der Waals surface area contributed by atoms with E-state index in [0.29, 0.717) is 5.56 Å². The fraction of sp³-hybridized carbons (Fsp3) is 0.231. The molecule has 0 aliphatic rings. The Hall–Kier alpha value is -1.19. The fourth-order valence-corrected chi connectivity index (χ4v) is 2.48.